The van der Waals surface area contributed by atoms with Gasteiger partial charge in [-0.3, -0.25) is 6.08 Å². The molecule has 0 nitrogen and oxygen atoms in total. The van der Waals surface area contributed by atoms with Crippen molar-refractivity contribution in [3.63, 3.8) is 0 Å². The van der Waals surface area contributed by atoms with Gasteiger partial charge in [0.2, 0.25) is 0 Å². The van der Waals surface area contributed by atoms with Crippen molar-refractivity contribution >= 4 is 0 Å². The Labute approximate surface area is 88.1 Å². The molecule has 0 heterocycles. The van der Waals surface area contributed by atoms with Gasteiger partial charge in [0, 0.05) is 19.5 Å². The van der Waals surface area contributed by atoms with Gasteiger partial charge in [0.05, 0.1) is 0 Å². The zero-order valence-electron chi connectivity index (χ0n) is 7.10. The van der Waals surface area contributed by atoms with E-state index in [1.54, 1.807) is 0 Å². The molecular formula is C11H13Rh-. The van der Waals surface area contributed by atoms with Gasteiger partial charge in [-0.1, -0.05) is 26.3 Å². The molecule has 0 bridgehead atoms. The van der Waals surface area contributed by atoms with E-state index in [4.69, 9.17) is 0 Å². The van der Waals surface area contributed by atoms with E-state index in [2.05, 4.69) is 49.9 Å². The average molecular weight is 248 g/mol. The summed E-state index contributed by atoms with van der Waals surface area (Å²) in [6, 6.07) is 0. The zero-order chi connectivity index (χ0) is 8.95. The third kappa shape index (κ3) is 35.3. The van der Waals surface area contributed by atoms with Crippen molar-refractivity contribution in [2.75, 3.05) is 0 Å². The van der Waals surface area contributed by atoms with Crippen LogP contribution in [0.4, 0.5) is 0 Å². The SMILES string of the molecule is C=C=C.C=C=C.[C-]1=CC=CC1.[Rh]. The molecule has 1 aliphatic rings. The van der Waals surface area contributed by atoms with E-state index >= 15 is 0 Å². The Morgan fingerprint density at radius 3 is 1.58 bits per heavy atom. The first-order valence-corrected chi connectivity index (χ1v) is 3.13. The molecule has 0 aromatic heterocycles. The maximum absolute atomic E-state index is 3.12. The van der Waals surface area contributed by atoms with E-state index in [-0.39, 0.29) is 19.5 Å². The predicted octanol–water partition coefficient (Wildman–Crippen LogP) is 3.22. The van der Waals surface area contributed by atoms with Crippen LogP contribution in [0.15, 0.2) is 56.0 Å². The minimum Gasteiger partial charge on any atom is -0.273 e. The molecule has 1 radical (unpaired) electrons. The van der Waals surface area contributed by atoms with Crippen LogP contribution in [-0.4, -0.2) is 0 Å². The van der Waals surface area contributed by atoms with Gasteiger partial charge in [0.25, 0.3) is 0 Å². The molecule has 1 aliphatic carbocycles. The Morgan fingerprint density at radius 2 is 1.50 bits per heavy atom. The summed E-state index contributed by atoms with van der Waals surface area (Å²) in [6.07, 6.45) is 10.0. The molecule has 0 amide bonds. The maximum atomic E-state index is 3.12. The Bertz CT molecular complexity index is 163. The summed E-state index contributed by atoms with van der Waals surface area (Å²) in [5.74, 6) is 0. The van der Waals surface area contributed by atoms with Gasteiger partial charge in [-0.25, -0.2) is 12.2 Å². The first kappa shape index (κ1) is 17.3. The second-order valence-electron chi connectivity index (χ2n) is 1.50. The summed E-state index contributed by atoms with van der Waals surface area (Å²) >= 11 is 0. The molecule has 0 saturated carbocycles. The first-order chi connectivity index (χ1) is 5.33. The van der Waals surface area contributed by atoms with Gasteiger partial charge in [-0.2, -0.15) is 6.08 Å². The normalized spacial score (nSPS) is 8.67. The molecule has 0 aromatic rings. The van der Waals surface area contributed by atoms with E-state index in [1.807, 2.05) is 12.2 Å². The largest absolute Gasteiger partial charge is 0.273 e. The fraction of sp³-hybridized carbons (Fsp3) is 0.0909. The van der Waals surface area contributed by atoms with E-state index in [9.17, 15) is 0 Å². The summed E-state index contributed by atoms with van der Waals surface area (Å²) in [7, 11) is 0. The van der Waals surface area contributed by atoms with Crippen molar-refractivity contribution in [3.05, 3.63) is 62.1 Å². The van der Waals surface area contributed by atoms with Crippen LogP contribution in [0.1, 0.15) is 6.42 Å². The van der Waals surface area contributed by atoms with Crippen molar-refractivity contribution in [1.29, 1.82) is 0 Å². The third-order valence-electron chi connectivity index (χ3n) is 0.586. The summed E-state index contributed by atoms with van der Waals surface area (Å²) in [5.41, 5.74) is 4.50. The minimum atomic E-state index is 0. The maximum Gasteiger partial charge on any atom is 0 e. The van der Waals surface area contributed by atoms with Crippen LogP contribution in [0.25, 0.3) is 0 Å². The molecule has 0 aromatic carbocycles. The molecule has 0 fully saturated rings. The van der Waals surface area contributed by atoms with Crippen molar-refractivity contribution < 1.29 is 19.5 Å². The molecule has 0 aliphatic heterocycles. The summed E-state index contributed by atoms with van der Waals surface area (Å²) in [4.78, 5) is 0. The van der Waals surface area contributed by atoms with Crippen LogP contribution >= 0.6 is 0 Å². The Balaban J connectivity index is -0.000000104. The molecule has 0 saturated heterocycles. The fourth-order valence-electron chi connectivity index (χ4n) is 0.340. The van der Waals surface area contributed by atoms with Gasteiger partial charge >= 0.3 is 0 Å². The molecule has 67 valence electrons. The molecule has 0 atom stereocenters. The van der Waals surface area contributed by atoms with Crippen molar-refractivity contribution in [2.24, 2.45) is 0 Å². The fourth-order valence-corrected chi connectivity index (χ4v) is 0.340. The third-order valence-corrected chi connectivity index (χ3v) is 0.586. The van der Waals surface area contributed by atoms with Crippen molar-refractivity contribution in [2.45, 2.75) is 6.42 Å². The number of hydrogen-bond acceptors (Lipinski definition) is 0. The molecule has 0 spiro atoms. The molecule has 1 rings (SSSR count). The molecule has 12 heavy (non-hydrogen) atoms. The van der Waals surface area contributed by atoms with Crippen LogP contribution in [0.5, 0.6) is 0 Å². The smallest absolute Gasteiger partial charge is 0 e. The molecule has 0 N–H and O–H groups in total. The first-order valence-electron chi connectivity index (χ1n) is 3.13. The molecular weight excluding hydrogens is 235 g/mol. The second-order valence-corrected chi connectivity index (χ2v) is 1.50. The van der Waals surface area contributed by atoms with Gasteiger partial charge < -0.3 is 0 Å². The molecule has 1 heteroatoms. The summed E-state index contributed by atoms with van der Waals surface area (Å²) < 4.78 is 0. The molecule has 0 unspecified atom stereocenters. The van der Waals surface area contributed by atoms with Gasteiger partial charge in [0.15, 0.2) is 0 Å². The van der Waals surface area contributed by atoms with E-state index in [0.29, 0.717) is 0 Å². The Morgan fingerprint density at radius 1 is 1.08 bits per heavy atom. The van der Waals surface area contributed by atoms with Crippen LogP contribution in [0, 0.1) is 6.08 Å². The van der Waals surface area contributed by atoms with Crippen LogP contribution in [0.2, 0.25) is 0 Å². The number of hydrogen-bond donors (Lipinski definition) is 0. The monoisotopic (exact) mass is 248 g/mol. The van der Waals surface area contributed by atoms with Crippen LogP contribution < -0.4 is 0 Å². The van der Waals surface area contributed by atoms with Gasteiger partial charge in [-0.05, 0) is 0 Å². The second kappa shape index (κ2) is 22.5. The van der Waals surface area contributed by atoms with Gasteiger partial charge in [-0.15, -0.1) is 17.9 Å². The topological polar surface area (TPSA) is 0 Å². The number of rotatable bonds is 0. The van der Waals surface area contributed by atoms with Crippen LogP contribution in [-0.2, 0) is 19.5 Å². The van der Waals surface area contributed by atoms with Gasteiger partial charge in [0.1, 0.15) is 0 Å². The van der Waals surface area contributed by atoms with Crippen molar-refractivity contribution in [3.8, 4) is 0 Å². The van der Waals surface area contributed by atoms with E-state index in [0.717, 1.165) is 6.42 Å². The zero-order valence-corrected chi connectivity index (χ0v) is 8.74. The van der Waals surface area contributed by atoms with E-state index in [1.165, 1.54) is 0 Å². The van der Waals surface area contributed by atoms with Crippen LogP contribution in [0.3, 0.4) is 0 Å². The quantitative estimate of drug-likeness (QED) is 0.351. The van der Waals surface area contributed by atoms with E-state index < -0.39 is 0 Å². The standard InChI is InChI=1S/C5H5.2C3H4.Rh/c1-2-4-5-3-1;2*1-3-2;/h1-3H,4H2;2*1-2H2;/q-1;;;. The average Bonchev–Trinajstić information content (AvgIpc) is 2.44. The predicted molar refractivity (Wildman–Crippen MR) is 51.1 cm³/mol. The Hall–Kier alpha value is -0.857. The summed E-state index contributed by atoms with van der Waals surface area (Å²) in [6.45, 7) is 12.5. The Kier molecular flexibility index (Phi) is 32.4. The summed E-state index contributed by atoms with van der Waals surface area (Å²) in [5, 5.41) is 0. The number of allylic oxidation sites excluding steroid dienone is 4. The minimum absolute atomic E-state index is 0. The van der Waals surface area contributed by atoms with Crippen molar-refractivity contribution in [1.82, 2.24) is 0 Å².